The number of methoxy groups -OCH3 is 1. The Hall–Kier alpha value is -1.16. The molecule has 0 spiro atoms. The van der Waals surface area contributed by atoms with Crippen LogP contribution in [0.5, 0.6) is 5.75 Å². The first-order valence-electron chi connectivity index (χ1n) is 4.85. The third-order valence-corrected chi connectivity index (χ3v) is 2.77. The molecule has 15 heavy (non-hydrogen) atoms. The van der Waals surface area contributed by atoms with E-state index in [9.17, 15) is 8.78 Å². The number of ether oxygens (including phenoxy) is 1. The van der Waals surface area contributed by atoms with Crippen LogP contribution in [0.25, 0.3) is 0 Å². The molecule has 0 amide bonds. The Morgan fingerprint density at radius 2 is 1.87 bits per heavy atom. The maximum absolute atomic E-state index is 13.5. The van der Waals surface area contributed by atoms with Crippen molar-refractivity contribution in [3.8, 4) is 5.75 Å². The summed E-state index contributed by atoms with van der Waals surface area (Å²) in [5.74, 6) is -0.970. The first kappa shape index (κ1) is 10.4. The molecular formula is C11H13F2NO. The summed E-state index contributed by atoms with van der Waals surface area (Å²) in [4.78, 5) is 0. The summed E-state index contributed by atoms with van der Waals surface area (Å²) in [7, 11) is 1.37. The molecule has 2 rings (SSSR count). The minimum Gasteiger partial charge on any atom is -0.497 e. The molecule has 0 bridgehead atoms. The predicted molar refractivity (Wildman–Crippen MR) is 52.8 cm³/mol. The van der Waals surface area contributed by atoms with Gasteiger partial charge in [-0.25, -0.2) is 8.78 Å². The molecule has 0 saturated heterocycles. The molecule has 0 heterocycles. The van der Waals surface area contributed by atoms with Gasteiger partial charge in [-0.3, -0.25) is 0 Å². The molecule has 1 saturated carbocycles. The fourth-order valence-electron chi connectivity index (χ4n) is 1.56. The zero-order valence-electron chi connectivity index (χ0n) is 8.52. The second-order valence-corrected chi connectivity index (χ2v) is 4.11. The number of benzene rings is 1. The number of halogens is 2. The SMILES string of the molecule is COc1cc(F)c(CC2(N)CC2)c(F)c1. The molecule has 1 aliphatic rings. The molecule has 0 atom stereocenters. The molecule has 2 N–H and O–H groups in total. The van der Waals surface area contributed by atoms with Crippen molar-refractivity contribution in [3.05, 3.63) is 29.3 Å². The minimum atomic E-state index is -0.580. The van der Waals surface area contributed by atoms with E-state index < -0.39 is 17.2 Å². The van der Waals surface area contributed by atoms with Gasteiger partial charge in [0.05, 0.1) is 7.11 Å². The molecule has 1 aromatic rings. The van der Waals surface area contributed by atoms with E-state index in [4.69, 9.17) is 10.5 Å². The van der Waals surface area contributed by atoms with E-state index in [1.807, 2.05) is 0 Å². The third-order valence-electron chi connectivity index (χ3n) is 2.77. The van der Waals surface area contributed by atoms with Crippen molar-refractivity contribution in [1.82, 2.24) is 0 Å². The highest BCUT2D eigenvalue weighted by Crippen LogP contribution is 2.37. The van der Waals surface area contributed by atoms with Crippen LogP contribution < -0.4 is 10.5 Å². The second-order valence-electron chi connectivity index (χ2n) is 4.11. The quantitative estimate of drug-likeness (QED) is 0.833. The lowest BCUT2D eigenvalue weighted by atomic mass is 10.0. The van der Waals surface area contributed by atoms with Crippen LogP contribution in [0.2, 0.25) is 0 Å². The van der Waals surface area contributed by atoms with Gasteiger partial charge in [-0.1, -0.05) is 0 Å². The normalized spacial score (nSPS) is 17.6. The molecule has 0 radical (unpaired) electrons. The molecule has 0 aliphatic heterocycles. The molecule has 82 valence electrons. The fourth-order valence-corrected chi connectivity index (χ4v) is 1.56. The van der Waals surface area contributed by atoms with E-state index in [2.05, 4.69) is 0 Å². The van der Waals surface area contributed by atoms with Gasteiger partial charge in [0.2, 0.25) is 0 Å². The van der Waals surface area contributed by atoms with Gasteiger partial charge in [0.15, 0.2) is 0 Å². The smallest absolute Gasteiger partial charge is 0.133 e. The first-order valence-corrected chi connectivity index (χ1v) is 4.85. The van der Waals surface area contributed by atoms with Crippen molar-refractivity contribution in [3.63, 3.8) is 0 Å². The van der Waals surface area contributed by atoms with Gasteiger partial charge >= 0.3 is 0 Å². The van der Waals surface area contributed by atoms with Crippen LogP contribution in [0.15, 0.2) is 12.1 Å². The Kier molecular flexibility index (Phi) is 2.38. The minimum absolute atomic E-state index is 0.0656. The average molecular weight is 213 g/mol. The largest absolute Gasteiger partial charge is 0.497 e. The number of nitrogens with two attached hydrogens (primary N) is 1. The van der Waals surface area contributed by atoms with Crippen molar-refractivity contribution in [1.29, 1.82) is 0 Å². The Labute approximate surface area is 87.0 Å². The Bertz CT molecular complexity index is 365. The van der Waals surface area contributed by atoms with Gasteiger partial charge in [-0.05, 0) is 19.3 Å². The fraction of sp³-hybridized carbons (Fsp3) is 0.455. The molecule has 2 nitrogen and oxygen atoms in total. The van der Waals surface area contributed by atoms with Gasteiger partial charge in [0.25, 0.3) is 0 Å². The van der Waals surface area contributed by atoms with Crippen molar-refractivity contribution in [2.75, 3.05) is 7.11 Å². The van der Waals surface area contributed by atoms with E-state index in [-0.39, 0.29) is 17.7 Å². The van der Waals surface area contributed by atoms with Crippen LogP contribution in [0.4, 0.5) is 8.78 Å². The van der Waals surface area contributed by atoms with Crippen LogP contribution in [0.1, 0.15) is 18.4 Å². The van der Waals surface area contributed by atoms with Crippen molar-refractivity contribution < 1.29 is 13.5 Å². The number of hydrogen-bond acceptors (Lipinski definition) is 2. The van der Waals surface area contributed by atoms with E-state index in [1.54, 1.807) is 0 Å². The first-order chi connectivity index (χ1) is 7.04. The monoisotopic (exact) mass is 213 g/mol. The van der Waals surface area contributed by atoms with Crippen LogP contribution in [0.3, 0.4) is 0 Å². The lowest BCUT2D eigenvalue weighted by molar-refractivity contribution is 0.404. The average Bonchev–Trinajstić information content (AvgIpc) is 2.90. The lowest BCUT2D eigenvalue weighted by Crippen LogP contribution is -2.25. The van der Waals surface area contributed by atoms with Crippen molar-refractivity contribution >= 4 is 0 Å². The van der Waals surface area contributed by atoms with E-state index in [0.29, 0.717) is 0 Å². The Balaban J connectivity index is 2.30. The highest BCUT2D eigenvalue weighted by molar-refractivity contribution is 5.32. The van der Waals surface area contributed by atoms with Gasteiger partial charge < -0.3 is 10.5 Å². The van der Waals surface area contributed by atoms with Crippen LogP contribution in [-0.4, -0.2) is 12.6 Å². The summed E-state index contributed by atoms with van der Waals surface area (Å²) in [5.41, 5.74) is 5.50. The summed E-state index contributed by atoms with van der Waals surface area (Å²) in [5, 5.41) is 0. The van der Waals surface area contributed by atoms with Gasteiger partial charge in [-0.2, -0.15) is 0 Å². The Morgan fingerprint density at radius 3 is 2.27 bits per heavy atom. The summed E-state index contributed by atoms with van der Waals surface area (Å²) < 4.78 is 31.7. The maximum atomic E-state index is 13.5. The van der Waals surface area contributed by atoms with Crippen molar-refractivity contribution in [2.24, 2.45) is 5.73 Å². The molecule has 0 unspecified atom stereocenters. The van der Waals surface area contributed by atoms with Crippen LogP contribution >= 0.6 is 0 Å². The zero-order chi connectivity index (χ0) is 11.1. The highest BCUT2D eigenvalue weighted by Gasteiger charge is 2.39. The summed E-state index contributed by atoms with van der Waals surface area (Å²) in [6, 6.07) is 2.37. The number of hydrogen-bond donors (Lipinski definition) is 1. The lowest BCUT2D eigenvalue weighted by Gasteiger charge is -2.11. The molecular weight excluding hydrogens is 200 g/mol. The summed E-state index contributed by atoms with van der Waals surface area (Å²) >= 11 is 0. The topological polar surface area (TPSA) is 35.2 Å². The third kappa shape index (κ3) is 2.09. The Morgan fingerprint density at radius 1 is 1.33 bits per heavy atom. The van der Waals surface area contributed by atoms with Crippen molar-refractivity contribution in [2.45, 2.75) is 24.8 Å². The van der Waals surface area contributed by atoms with E-state index in [1.165, 1.54) is 19.2 Å². The van der Waals surface area contributed by atoms with Crippen LogP contribution in [-0.2, 0) is 6.42 Å². The number of rotatable bonds is 3. The second kappa shape index (κ2) is 3.45. The van der Waals surface area contributed by atoms with Crippen LogP contribution in [0, 0.1) is 11.6 Å². The van der Waals surface area contributed by atoms with Gasteiger partial charge in [-0.15, -0.1) is 0 Å². The summed E-state index contributed by atoms with van der Waals surface area (Å²) in [6.07, 6.45) is 1.92. The maximum Gasteiger partial charge on any atom is 0.133 e. The van der Waals surface area contributed by atoms with E-state index in [0.717, 1.165) is 12.8 Å². The van der Waals surface area contributed by atoms with E-state index >= 15 is 0 Å². The molecule has 1 fully saturated rings. The van der Waals surface area contributed by atoms with Gasteiger partial charge in [0, 0.05) is 23.2 Å². The molecule has 0 aromatic heterocycles. The summed E-state index contributed by atoms with van der Waals surface area (Å²) in [6.45, 7) is 0. The highest BCUT2D eigenvalue weighted by atomic mass is 19.1. The molecule has 1 aliphatic carbocycles. The van der Waals surface area contributed by atoms with Gasteiger partial charge in [0.1, 0.15) is 17.4 Å². The molecule has 4 heteroatoms. The zero-order valence-corrected chi connectivity index (χ0v) is 8.52. The predicted octanol–water partition coefficient (Wildman–Crippen LogP) is 2.01. The molecule has 1 aromatic carbocycles. The standard InChI is InChI=1S/C11H13F2NO/c1-15-7-4-9(12)8(10(13)5-7)6-11(14)2-3-11/h4-5H,2-3,6,14H2,1H3.